The SMILES string of the molecule is O=C(NN=Cc1cc(Cc2ccc(O)c(C=NNC(=O)c3ccccc3)c2)ccc1O)c1ccccc1. The summed E-state index contributed by atoms with van der Waals surface area (Å²) in [6, 6.07) is 27.5. The van der Waals surface area contributed by atoms with Gasteiger partial charge in [-0.1, -0.05) is 48.5 Å². The first kappa shape index (κ1) is 24.9. The van der Waals surface area contributed by atoms with E-state index < -0.39 is 0 Å². The van der Waals surface area contributed by atoms with Gasteiger partial charge in [-0.3, -0.25) is 9.59 Å². The number of rotatable bonds is 8. The average Bonchev–Trinajstić information content (AvgIpc) is 2.93. The molecule has 8 heteroatoms. The molecule has 0 heterocycles. The van der Waals surface area contributed by atoms with Gasteiger partial charge in [0.25, 0.3) is 11.8 Å². The van der Waals surface area contributed by atoms with Crippen LogP contribution >= 0.6 is 0 Å². The maximum Gasteiger partial charge on any atom is 0.271 e. The lowest BCUT2D eigenvalue weighted by molar-refractivity contribution is 0.0947. The molecule has 0 unspecified atom stereocenters. The highest BCUT2D eigenvalue weighted by atomic mass is 16.3. The summed E-state index contributed by atoms with van der Waals surface area (Å²) in [4.78, 5) is 24.3. The van der Waals surface area contributed by atoms with Crippen LogP contribution in [0.2, 0.25) is 0 Å². The molecular weight excluding hydrogens is 468 g/mol. The highest BCUT2D eigenvalue weighted by Gasteiger charge is 2.07. The lowest BCUT2D eigenvalue weighted by Gasteiger charge is -2.07. The van der Waals surface area contributed by atoms with Crippen LogP contribution in [-0.4, -0.2) is 34.5 Å². The molecule has 0 aliphatic carbocycles. The van der Waals surface area contributed by atoms with E-state index in [0.717, 1.165) is 11.1 Å². The van der Waals surface area contributed by atoms with Crippen LogP contribution in [0.5, 0.6) is 11.5 Å². The Labute approximate surface area is 213 Å². The lowest BCUT2D eigenvalue weighted by atomic mass is 10.0. The quantitative estimate of drug-likeness (QED) is 0.217. The first-order chi connectivity index (χ1) is 18.0. The summed E-state index contributed by atoms with van der Waals surface area (Å²) in [6.45, 7) is 0. The van der Waals surface area contributed by atoms with Gasteiger partial charge in [-0.05, 0) is 66.1 Å². The number of hydrazone groups is 2. The minimum Gasteiger partial charge on any atom is -0.507 e. The van der Waals surface area contributed by atoms with Crippen LogP contribution in [0.25, 0.3) is 0 Å². The summed E-state index contributed by atoms with van der Waals surface area (Å²) < 4.78 is 0. The molecule has 0 spiro atoms. The van der Waals surface area contributed by atoms with E-state index >= 15 is 0 Å². The number of carbonyl (C=O) groups excluding carboxylic acids is 2. The van der Waals surface area contributed by atoms with Crippen LogP contribution in [0.4, 0.5) is 0 Å². The highest BCUT2D eigenvalue weighted by Crippen LogP contribution is 2.22. The van der Waals surface area contributed by atoms with Crippen molar-refractivity contribution >= 4 is 24.2 Å². The smallest absolute Gasteiger partial charge is 0.271 e. The van der Waals surface area contributed by atoms with Crippen molar-refractivity contribution < 1.29 is 19.8 Å². The number of nitrogens with zero attached hydrogens (tertiary/aromatic N) is 2. The molecule has 8 nitrogen and oxygen atoms in total. The summed E-state index contributed by atoms with van der Waals surface area (Å²) in [5.74, 6) is -0.667. The Balaban J connectivity index is 1.41. The molecule has 0 aliphatic rings. The van der Waals surface area contributed by atoms with Crippen LogP contribution in [0.1, 0.15) is 43.0 Å². The van der Waals surface area contributed by atoms with Gasteiger partial charge in [-0.2, -0.15) is 10.2 Å². The topological polar surface area (TPSA) is 123 Å². The van der Waals surface area contributed by atoms with Gasteiger partial charge in [-0.25, -0.2) is 10.9 Å². The molecule has 0 aromatic heterocycles. The third kappa shape index (κ3) is 6.89. The number of carbonyl (C=O) groups is 2. The summed E-state index contributed by atoms with van der Waals surface area (Å²) >= 11 is 0. The van der Waals surface area contributed by atoms with Gasteiger partial charge in [0.05, 0.1) is 12.4 Å². The normalized spacial score (nSPS) is 11.0. The molecule has 0 bridgehead atoms. The van der Waals surface area contributed by atoms with E-state index in [2.05, 4.69) is 21.1 Å². The first-order valence-electron chi connectivity index (χ1n) is 11.4. The van der Waals surface area contributed by atoms with Gasteiger partial charge in [0.15, 0.2) is 0 Å². The molecule has 2 amide bonds. The number of phenolic OH excluding ortho intramolecular Hbond substituents is 2. The van der Waals surface area contributed by atoms with E-state index in [9.17, 15) is 19.8 Å². The van der Waals surface area contributed by atoms with E-state index in [4.69, 9.17) is 0 Å². The second-order valence-corrected chi connectivity index (χ2v) is 8.09. The Morgan fingerprint density at radius 1 is 0.622 bits per heavy atom. The zero-order valence-corrected chi connectivity index (χ0v) is 19.7. The Hall–Kier alpha value is -5.24. The van der Waals surface area contributed by atoms with Crippen LogP contribution in [-0.2, 0) is 6.42 Å². The molecule has 37 heavy (non-hydrogen) atoms. The van der Waals surface area contributed by atoms with Crippen molar-refractivity contribution in [1.82, 2.24) is 10.9 Å². The Morgan fingerprint density at radius 2 is 1.03 bits per heavy atom. The number of benzene rings is 4. The van der Waals surface area contributed by atoms with Gasteiger partial charge >= 0.3 is 0 Å². The molecule has 0 fully saturated rings. The standard InChI is InChI=1S/C29H24N4O4/c34-26-13-11-20(16-24(26)18-30-32-28(36)22-7-3-1-4-8-22)15-21-12-14-27(35)25(17-21)19-31-33-29(37)23-9-5-2-6-10-23/h1-14,16-19,34-35H,15H2,(H,32,36)(H,33,37). The molecule has 0 atom stereocenters. The van der Waals surface area contributed by atoms with Gasteiger partial charge in [0, 0.05) is 22.3 Å². The number of phenols is 2. The molecule has 4 aromatic rings. The fourth-order valence-electron chi connectivity index (χ4n) is 3.50. The van der Waals surface area contributed by atoms with Crippen molar-refractivity contribution in [3.8, 4) is 11.5 Å². The van der Waals surface area contributed by atoms with Gasteiger partial charge in [0.2, 0.25) is 0 Å². The fraction of sp³-hybridized carbons (Fsp3) is 0.0345. The minimum atomic E-state index is -0.356. The zero-order valence-electron chi connectivity index (χ0n) is 19.7. The van der Waals surface area contributed by atoms with E-state index in [1.807, 2.05) is 12.1 Å². The molecule has 0 radical (unpaired) electrons. The number of amides is 2. The predicted octanol–water partition coefficient (Wildman–Crippen LogP) is 4.22. The summed E-state index contributed by atoms with van der Waals surface area (Å²) in [5.41, 5.74) is 8.47. The predicted molar refractivity (Wildman–Crippen MR) is 142 cm³/mol. The number of hydrogen-bond acceptors (Lipinski definition) is 6. The van der Waals surface area contributed by atoms with Crippen molar-refractivity contribution in [2.75, 3.05) is 0 Å². The molecule has 0 aliphatic heterocycles. The van der Waals surface area contributed by atoms with Crippen molar-refractivity contribution in [3.05, 3.63) is 130 Å². The van der Waals surface area contributed by atoms with Crippen molar-refractivity contribution in [1.29, 1.82) is 0 Å². The lowest BCUT2D eigenvalue weighted by Crippen LogP contribution is -2.17. The molecular formula is C29H24N4O4. The van der Waals surface area contributed by atoms with E-state index in [1.165, 1.54) is 12.4 Å². The summed E-state index contributed by atoms with van der Waals surface area (Å²) in [6.07, 6.45) is 3.25. The van der Waals surface area contributed by atoms with Crippen molar-refractivity contribution in [2.45, 2.75) is 6.42 Å². The first-order valence-corrected chi connectivity index (χ1v) is 11.4. The largest absolute Gasteiger partial charge is 0.507 e. The van der Waals surface area contributed by atoms with Crippen LogP contribution in [0.15, 0.2) is 107 Å². The monoisotopic (exact) mass is 492 g/mol. The average molecular weight is 493 g/mol. The Morgan fingerprint density at radius 3 is 1.43 bits per heavy atom. The molecule has 0 saturated carbocycles. The minimum absolute atomic E-state index is 0.0224. The highest BCUT2D eigenvalue weighted by molar-refractivity contribution is 5.95. The molecule has 0 saturated heterocycles. The maximum atomic E-state index is 12.1. The number of hydrogen-bond donors (Lipinski definition) is 4. The van der Waals surface area contributed by atoms with Crippen molar-refractivity contribution in [3.63, 3.8) is 0 Å². The second kappa shape index (κ2) is 11.9. The van der Waals surface area contributed by atoms with Gasteiger partial charge in [0.1, 0.15) is 11.5 Å². The third-order valence-corrected chi connectivity index (χ3v) is 5.40. The van der Waals surface area contributed by atoms with E-state index in [0.29, 0.717) is 28.7 Å². The van der Waals surface area contributed by atoms with Crippen LogP contribution in [0, 0.1) is 0 Å². The Kier molecular flexibility index (Phi) is 8.03. The summed E-state index contributed by atoms with van der Waals surface area (Å²) in [7, 11) is 0. The Bertz CT molecular complexity index is 1340. The number of aromatic hydroxyl groups is 2. The second-order valence-electron chi connectivity index (χ2n) is 8.09. The molecule has 4 rings (SSSR count). The third-order valence-electron chi connectivity index (χ3n) is 5.40. The van der Waals surface area contributed by atoms with E-state index in [1.54, 1.807) is 84.9 Å². The maximum absolute atomic E-state index is 12.1. The molecule has 4 aromatic carbocycles. The summed E-state index contributed by atoms with van der Waals surface area (Å²) in [5, 5.41) is 28.3. The van der Waals surface area contributed by atoms with Gasteiger partial charge < -0.3 is 10.2 Å². The van der Waals surface area contributed by atoms with Gasteiger partial charge in [-0.15, -0.1) is 0 Å². The van der Waals surface area contributed by atoms with E-state index in [-0.39, 0.29) is 23.3 Å². The zero-order chi connectivity index (χ0) is 26.0. The molecule has 4 N–H and O–H groups in total. The molecule has 184 valence electrons. The van der Waals surface area contributed by atoms with Crippen LogP contribution < -0.4 is 10.9 Å². The fourth-order valence-corrected chi connectivity index (χ4v) is 3.50. The number of nitrogens with one attached hydrogen (secondary N) is 2. The van der Waals surface area contributed by atoms with Crippen molar-refractivity contribution in [2.24, 2.45) is 10.2 Å². The van der Waals surface area contributed by atoms with Crippen LogP contribution in [0.3, 0.4) is 0 Å².